The van der Waals surface area contributed by atoms with E-state index < -0.39 is 0 Å². The van der Waals surface area contributed by atoms with Crippen LogP contribution in [0.1, 0.15) is 24.1 Å². The van der Waals surface area contributed by atoms with Crippen molar-refractivity contribution in [1.82, 2.24) is 20.3 Å². The van der Waals surface area contributed by atoms with Crippen LogP contribution in [0.25, 0.3) is 0 Å². The minimum absolute atomic E-state index is 0.379. The van der Waals surface area contributed by atoms with Crippen molar-refractivity contribution in [2.24, 2.45) is 7.05 Å². The van der Waals surface area contributed by atoms with E-state index in [9.17, 15) is 0 Å². The molecule has 0 unspecified atom stereocenters. The molecule has 0 saturated heterocycles. The Bertz CT molecular complexity index is 607. The summed E-state index contributed by atoms with van der Waals surface area (Å²) in [4.78, 5) is 0. The zero-order valence-electron chi connectivity index (χ0n) is 12.4. The number of rotatable bonds is 7. The molecule has 1 heterocycles. The molecule has 1 N–H and O–H groups in total. The van der Waals surface area contributed by atoms with Gasteiger partial charge in [-0.15, -0.1) is 5.10 Å². The highest BCUT2D eigenvalue weighted by atomic mass is 16.5. The molecule has 21 heavy (non-hydrogen) atoms. The van der Waals surface area contributed by atoms with E-state index in [1.165, 1.54) is 18.4 Å². The fraction of sp³-hybridized carbons (Fsp3) is 0.467. The number of methoxy groups -OCH3 is 1. The molecule has 0 bridgehead atoms. The Morgan fingerprint density at radius 3 is 2.86 bits per heavy atom. The minimum atomic E-state index is 0.379. The summed E-state index contributed by atoms with van der Waals surface area (Å²) in [5, 5.41) is 11.4. The van der Waals surface area contributed by atoms with E-state index in [-0.39, 0.29) is 0 Å². The Labute approximate surface area is 124 Å². The number of aromatic nitrogens is 3. The standard InChI is InChI=1S/C15H20N4O2/c1-19-9-13(17-18-19)10-21-14-6-3-11(7-15(14)20-2)8-16-12-4-5-12/h3,6-7,9,12,16H,4-5,8,10H2,1-2H3. The van der Waals surface area contributed by atoms with Crippen LogP contribution in [-0.4, -0.2) is 28.1 Å². The van der Waals surface area contributed by atoms with Crippen molar-refractivity contribution in [3.05, 3.63) is 35.7 Å². The van der Waals surface area contributed by atoms with Gasteiger partial charge in [0.15, 0.2) is 11.5 Å². The summed E-state index contributed by atoms with van der Waals surface area (Å²) in [6, 6.07) is 6.72. The van der Waals surface area contributed by atoms with Gasteiger partial charge in [0.25, 0.3) is 0 Å². The number of nitrogens with zero attached hydrogens (tertiary/aromatic N) is 3. The molecule has 3 rings (SSSR count). The van der Waals surface area contributed by atoms with Gasteiger partial charge in [-0.2, -0.15) is 0 Å². The van der Waals surface area contributed by atoms with Crippen LogP contribution in [0, 0.1) is 0 Å². The molecule has 0 spiro atoms. The summed E-state index contributed by atoms with van der Waals surface area (Å²) in [5.41, 5.74) is 1.99. The monoisotopic (exact) mass is 288 g/mol. The fourth-order valence-corrected chi connectivity index (χ4v) is 2.10. The van der Waals surface area contributed by atoms with Crippen molar-refractivity contribution < 1.29 is 9.47 Å². The second kappa shape index (κ2) is 6.13. The van der Waals surface area contributed by atoms with E-state index >= 15 is 0 Å². The van der Waals surface area contributed by atoms with Crippen LogP contribution in [0.2, 0.25) is 0 Å². The predicted octanol–water partition coefficient (Wildman–Crippen LogP) is 1.65. The minimum Gasteiger partial charge on any atom is -0.493 e. The average molecular weight is 288 g/mol. The Kier molecular flexibility index (Phi) is 4.06. The van der Waals surface area contributed by atoms with Gasteiger partial charge in [0.05, 0.1) is 13.3 Å². The van der Waals surface area contributed by atoms with Gasteiger partial charge >= 0.3 is 0 Å². The van der Waals surface area contributed by atoms with Crippen LogP contribution in [0.5, 0.6) is 11.5 Å². The number of benzene rings is 1. The number of nitrogens with one attached hydrogen (secondary N) is 1. The zero-order chi connectivity index (χ0) is 14.7. The van der Waals surface area contributed by atoms with Gasteiger partial charge in [-0.1, -0.05) is 11.3 Å². The van der Waals surface area contributed by atoms with Crippen molar-refractivity contribution in [2.75, 3.05) is 7.11 Å². The molecule has 1 aromatic heterocycles. The lowest BCUT2D eigenvalue weighted by atomic mass is 10.2. The Morgan fingerprint density at radius 2 is 2.19 bits per heavy atom. The number of hydrogen-bond donors (Lipinski definition) is 1. The van der Waals surface area contributed by atoms with Gasteiger partial charge in [0, 0.05) is 19.6 Å². The van der Waals surface area contributed by atoms with Gasteiger partial charge in [0.1, 0.15) is 12.3 Å². The molecule has 0 atom stereocenters. The van der Waals surface area contributed by atoms with E-state index in [1.807, 2.05) is 25.4 Å². The van der Waals surface area contributed by atoms with Crippen LogP contribution in [0.15, 0.2) is 24.4 Å². The lowest BCUT2D eigenvalue weighted by molar-refractivity contribution is 0.280. The van der Waals surface area contributed by atoms with E-state index in [0.29, 0.717) is 12.6 Å². The first-order valence-corrected chi connectivity index (χ1v) is 7.13. The quantitative estimate of drug-likeness (QED) is 0.839. The smallest absolute Gasteiger partial charge is 0.161 e. The molecule has 1 aliphatic carbocycles. The average Bonchev–Trinajstić information content (AvgIpc) is 3.24. The fourth-order valence-electron chi connectivity index (χ4n) is 2.10. The van der Waals surface area contributed by atoms with Gasteiger partial charge < -0.3 is 14.8 Å². The first kappa shape index (κ1) is 13.9. The van der Waals surface area contributed by atoms with Crippen molar-refractivity contribution in [3.63, 3.8) is 0 Å². The second-order valence-corrected chi connectivity index (χ2v) is 5.31. The summed E-state index contributed by atoms with van der Waals surface area (Å²) in [6.45, 7) is 1.25. The third kappa shape index (κ3) is 3.72. The Morgan fingerprint density at radius 1 is 1.33 bits per heavy atom. The van der Waals surface area contributed by atoms with Gasteiger partial charge in [-0.05, 0) is 30.5 Å². The maximum atomic E-state index is 5.76. The van der Waals surface area contributed by atoms with Gasteiger partial charge in [-0.25, -0.2) is 0 Å². The maximum Gasteiger partial charge on any atom is 0.161 e. The van der Waals surface area contributed by atoms with Crippen LogP contribution >= 0.6 is 0 Å². The van der Waals surface area contributed by atoms with Gasteiger partial charge in [0.2, 0.25) is 0 Å². The molecule has 1 saturated carbocycles. The van der Waals surface area contributed by atoms with Crippen molar-refractivity contribution >= 4 is 0 Å². The number of aryl methyl sites for hydroxylation is 1. The zero-order valence-corrected chi connectivity index (χ0v) is 12.4. The molecular formula is C15H20N4O2. The summed E-state index contributed by atoms with van der Waals surface area (Å²) < 4.78 is 12.8. The molecule has 0 amide bonds. The second-order valence-electron chi connectivity index (χ2n) is 5.31. The highest BCUT2D eigenvalue weighted by Gasteiger charge is 2.20. The third-order valence-electron chi connectivity index (χ3n) is 3.43. The van der Waals surface area contributed by atoms with Crippen LogP contribution in [0.3, 0.4) is 0 Å². The molecule has 0 radical (unpaired) electrons. The van der Waals surface area contributed by atoms with Crippen LogP contribution in [0.4, 0.5) is 0 Å². The molecule has 6 nitrogen and oxygen atoms in total. The summed E-state index contributed by atoms with van der Waals surface area (Å²) in [7, 11) is 3.49. The highest BCUT2D eigenvalue weighted by molar-refractivity contribution is 5.43. The lowest BCUT2D eigenvalue weighted by Gasteiger charge is -2.11. The third-order valence-corrected chi connectivity index (χ3v) is 3.43. The van der Waals surface area contributed by atoms with E-state index in [1.54, 1.807) is 11.8 Å². The number of ether oxygens (including phenoxy) is 2. The SMILES string of the molecule is COc1cc(CNC2CC2)ccc1OCc1cn(C)nn1. The van der Waals surface area contributed by atoms with Crippen molar-refractivity contribution in [3.8, 4) is 11.5 Å². The van der Waals surface area contributed by atoms with Crippen LogP contribution in [-0.2, 0) is 20.2 Å². The first-order chi connectivity index (χ1) is 10.2. The molecule has 112 valence electrons. The number of hydrogen-bond acceptors (Lipinski definition) is 5. The predicted molar refractivity (Wildman–Crippen MR) is 78.2 cm³/mol. The van der Waals surface area contributed by atoms with Gasteiger partial charge in [-0.3, -0.25) is 4.68 Å². The topological polar surface area (TPSA) is 61.2 Å². The molecular weight excluding hydrogens is 268 g/mol. The van der Waals surface area contributed by atoms with Crippen molar-refractivity contribution in [1.29, 1.82) is 0 Å². The summed E-state index contributed by atoms with van der Waals surface area (Å²) in [5.74, 6) is 1.47. The van der Waals surface area contributed by atoms with Crippen molar-refractivity contribution in [2.45, 2.75) is 32.0 Å². The summed E-state index contributed by atoms with van der Waals surface area (Å²) >= 11 is 0. The largest absolute Gasteiger partial charge is 0.493 e. The maximum absolute atomic E-state index is 5.76. The highest BCUT2D eigenvalue weighted by Crippen LogP contribution is 2.29. The molecule has 0 aliphatic heterocycles. The molecule has 6 heteroatoms. The van der Waals surface area contributed by atoms with E-state index in [2.05, 4.69) is 21.7 Å². The van der Waals surface area contributed by atoms with Crippen LogP contribution < -0.4 is 14.8 Å². The van der Waals surface area contributed by atoms with E-state index in [0.717, 1.165) is 23.7 Å². The lowest BCUT2D eigenvalue weighted by Crippen LogP contribution is -2.15. The Hall–Kier alpha value is -2.08. The Balaban J connectivity index is 1.63. The molecule has 1 aromatic carbocycles. The first-order valence-electron chi connectivity index (χ1n) is 7.13. The molecule has 1 aliphatic rings. The molecule has 1 fully saturated rings. The molecule has 2 aromatic rings. The summed E-state index contributed by atoms with van der Waals surface area (Å²) in [6.07, 6.45) is 4.41. The van der Waals surface area contributed by atoms with E-state index in [4.69, 9.17) is 9.47 Å². The normalized spacial score (nSPS) is 14.2.